The molecule has 1 unspecified atom stereocenters. The van der Waals surface area contributed by atoms with Crippen molar-refractivity contribution >= 4 is 27.3 Å². The van der Waals surface area contributed by atoms with E-state index in [1.165, 1.54) is 9.75 Å². The van der Waals surface area contributed by atoms with E-state index in [9.17, 15) is 5.11 Å². The number of aliphatic hydroxyl groups excluding tert-OH is 1. The number of hydrogen-bond acceptors (Lipinski definition) is 3. The van der Waals surface area contributed by atoms with Gasteiger partial charge in [-0.3, -0.25) is 0 Å². The Morgan fingerprint density at radius 3 is 2.61 bits per heavy atom. The molecule has 0 saturated heterocycles. The molecule has 0 fully saturated rings. The molecule has 0 amide bonds. The van der Waals surface area contributed by atoms with Crippen molar-refractivity contribution in [2.75, 3.05) is 6.61 Å². The van der Waals surface area contributed by atoms with E-state index in [1.54, 1.807) is 11.3 Å². The number of aliphatic hydroxyl groups is 1. The Morgan fingerprint density at radius 1 is 1.33 bits per heavy atom. The first kappa shape index (κ1) is 13.7. The van der Waals surface area contributed by atoms with E-state index in [-0.39, 0.29) is 12.6 Å². The average Bonchev–Trinajstić information content (AvgIpc) is 2.71. The van der Waals surface area contributed by atoms with Crippen molar-refractivity contribution in [3.63, 3.8) is 0 Å². The Bertz CT molecular complexity index is 478. The van der Waals surface area contributed by atoms with Crippen LogP contribution in [0.3, 0.4) is 0 Å². The largest absolute Gasteiger partial charge is 0.394 e. The molecular formula is C14H16BrNOS. The van der Waals surface area contributed by atoms with Crippen molar-refractivity contribution < 1.29 is 5.11 Å². The summed E-state index contributed by atoms with van der Waals surface area (Å²) in [7, 11) is 0. The third-order valence-electron chi connectivity index (χ3n) is 2.82. The Morgan fingerprint density at radius 2 is 2.06 bits per heavy atom. The molecule has 1 atom stereocenters. The first-order valence-electron chi connectivity index (χ1n) is 5.84. The van der Waals surface area contributed by atoms with Gasteiger partial charge in [-0.2, -0.15) is 0 Å². The minimum Gasteiger partial charge on any atom is -0.394 e. The number of rotatable bonds is 5. The van der Waals surface area contributed by atoms with E-state index in [2.05, 4.69) is 34.2 Å². The maximum absolute atomic E-state index is 9.45. The van der Waals surface area contributed by atoms with Gasteiger partial charge in [-0.15, -0.1) is 11.3 Å². The maximum atomic E-state index is 9.45. The Kier molecular flexibility index (Phi) is 4.95. The molecular weight excluding hydrogens is 310 g/mol. The number of halogens is 1. The zero-order valence-corrected chi connectivity index (χ0v) is 12.6. The monoisotopic (exact) mass is 325 g/mol. The lowest BCUT2D eigenvalue weighted by Gasteiger charge is -2.15. The zero-order chi connectivity index (χ0) is 13.0. The highest BCUT2D eigenvalue weighted by Crippen LogP contribution is 2.26. The van der Waals surface area contributed by atoms with Gasteiger partial charge < -0.3 is 10.4 Å². The van der Waals surface area contributed by atoms with Gasteiger partial charge in [0.1, 0.15) is 0 Å². The van der Waals surface area contributed by atoms with Gasteiger partial charge in [0.05, 0.1) is 12.6 Å². The second kappa shape index (κ2) is 6.48. The lowest BCUT2D eigenvalue weighted by atomic mass is 10.1. The quantitative estimate of drug-likeness (QED) is 0.879. The summed E-state index contributed by atoms with van der Waals surface area (Å²) >= 11 is 5.29. The van der Waals surface area contributed by atoms with Crippen LogP contribution in [0.5, 0.6) is 0 Å². The zero-order valence-electron chi connectivity index (χ0n) is 10.2. The fourth-order valence-corrected chi connectivity index (χ4v) is 3.35. The number of hydrogen-bond donors (Lipinski definition) is 2. The van der Waals surface area contributed by atoms with Gasteiger partial charge in [-0.1, -0.05) is 30.3 Å². The lowest BCUT2D eigenvalue weighted by molar-refractivity contribution is 0.244. The van der Waals surface area contributed by atoms with Crippen molar-refractivity contribution in [1.29, 1.82) is 0 Å². The van der Waals surface area contributed by atoms with Crippen LogP contribution < -0.4 is 5.32 Å². The van der Waals surface area contributed by atoms with Crippen LogP contribution in [0.25, 0.3) is 0 Å². The molecule has 0 aliphatic carbocycles. The SMILES string of the molecule is Cc1sc(CNC(CO)c2ccccc2)cc1Br. The molecule has 0 radical (unpaired) electrons. The van der Waals surface area contributed by atoms with Gasteiger partial charge in [-0.05, 0) is 34.5 Å². The molecule has 2 rings (SSSR count). The van der Waals surface area contributed by atoms with E-state index < -0.39 is 0 Å². The topological polar surface area (TPSA) is 32.3 Å². The number of benzene rings is 1. The molecule has 0 bridgehead atoms. The molecule has 0 spiro atoms. The number of thiophene rings is 1. The predicted molar refractivity (Wildman–Crippen MR) is 79.9 cm³/mol. The average molecular weight is 326 g/mol. The van der Waals surface area contributed by atoms with E-state index >= 15 is 0 Å². The Balaban J connectivity index is 1.99. The molecule has 2 nitrogen and oxygen atoms in total. The van der Waals surface area contributed by atoms with Gasteiger partial charge in [0.25, 0.3) is 0 Å². The summed E-state index contributed by atoms with van der Waals surface area (Å²) in [6, 6.07) is 12.2. The minimum absolute atomic E-state index is 0.00705. The summed E-state index contributed by atoms with van der Waals surface area (Å²) in [5, 5.41) is 12.8. The molecule has 18 heavy (non-hydrogen) atoms. The molecule has 0 saturated carbocycles. The summed E-state index contributed by atoms with van der Waals surface area (Å²) in [6.07, 6.45) is 0. The number of nitrogens with one attached hydrogen (secondary N) is 1. The Hall–Kier alpha value is -0.680. The summed E-state index contributed by atoms with van der Waals surface area (Å²) < 4.78 is 1.16. The van der Waals surface area contributed by atoms with Gasteiger partial charge in [0.2, 0.25) is 0 Å². The predicted octanol–water partition coefficient (Wildman–Crippen LogP) is 3.64. The Labute approximate surface area is 120 Å². The summed E-state index contributed by atoms with van der Waals surface area (Å²) in [5.41, 5.74) is 1.12. The van der Waals surface area contributed by atoms with Crippen LogP contribution in [0, 0.1) is 6.92 Å². The minimum atomic E-state index is -0.00705. The number of aryl methyl sites for hydroxylation is 1. The maximum Gasteiger partial charge on any atom is 0.0626 e. The van der Waals surface area contributed by atoms with Crippen molar-refractivity contribution in [3.8, 4) is 0 Å². The van der Waals surface area contributed by atoms with Gasteiger partial charge in [0, 0.05) is 20.8 Å². The fraction of sp³-hybridized carbons (Fsp3) is 0.286. The molecule has 2 aromatic rings. The molecule has 2 N–H and O–H groups in total. The van der Waals surface area contributed by atoms with E-state index in [1.807, 2.05) is 30.3 Å². The van der Waals surface area contributed by atoms with Crippen molar-refractivity contribution in [2.24, 2.45) is 0 Å². The van der Waals surface area contributed by atoms with Crippen LogP contribution in [0.2, 0.25) is 0 Å². The molecule has 96 valence electrons. The van der Waals surface area contributed by atoms with E-state index in [0.717, 1.165) is 16.6 Å². The smallest absolute Gasteiger partial charge is 0.0626 e. The van der Waals surface area contributed by atoms with Crippen LogP contribution in [-0.2, 0) is 6.54 Å². The van der Waals surface area contributed by atoms with E-state index in [4.69, 9.17) is 0 Å². The lowest BCUT2D eigenvalue weighted by Crippen LogP contribution is -2.23. The molecule has 4 heteroatoms. The van der Waals surface area contributed by atoms with Gasteiger partial charge in [0.15, 0.2) is 0 Å². The second-order valence-electron chi connectivity index (χ2n) is 4.14. The normalized spacial score (nSPS) is 12.6. The summed E-state index contributed by atoms with van der Waals surface area (Å²) in [5.74, 6) is 0. The van der Waals surface area contributed by atoms with Gasteiger partial charge in [-0.25, -0.2) is 0 Å². The van der Waals surface area contributed by atoms with Gasteiger partial charge >= 0.3 is 0 Å². The van der Waals surface area contributed by atoms with E-state index in [0.29, 0.717) is 0 Å². The van der Waals surface area contributed by atoms with Crippen LogP contribution in [0.1, 0.15) is 21.4 Å². The van der Waals surface area contributed by atoms with Crippen molar-refractivity contribution in [1.82, 2.24) is 5.32 Å². The highest BCUT2D eigenvalue weighted by atomic mass is 79.9. The first-order valence-corrected chi connectivity index (χ1v) is 7.45. The second-order valence-corrected chi connectivity index (χ2v) is 6.34. The molecule has 1 aromatic heterocycles. The van der Waals surface area contributed by atoms with Crippen LogP contribution in [0.15, 0.2) is 40.9 Å². The molecule has 0 aliphatic heterocycles. The third-order valence-corrected chi connectivity index (χ3v) is 4.95. The van der Waals surface area contributed by atoms with Crippen molar-refractivity contribution in [2.45, 2.75) is 19.5 Å². The molecule has 1 aromatic carbocycles. The molecule has 1 heterocycles. The third kappa shape index (κ3) is 3.42. The standard InChI is InChI=1S/C14H16BrNOS/c1-10-13(15)7-12(18-10)8-16-14(9-17)11-5-3-2-4-6-11/h2-7,14,16-17H,8-9H2,1H3. The van der Waals surface area contributed by atoms with Crippen LogP contribution >= 0.6 is 27.3 Å². The first-order chi connectivity index (χ1) is 8.70. The fourth-order valence-electron chi connectivity index (χ4n) is 1.80. The summed E-state index contributed by atoms with van der Waals surface area (Å²) in [6.45, 7) is 2.98. The van der Waals surface area contributed by atoms with Crippen molar-refractivity contribution in [3.05, 3.63) is 56.2 Å². The summed E-state index contributed by atoms with van der Waals surface area (Å²) in [4.78, 5) is 2.56. The van der Waals surface area contributed by atoms with Crippen LogP contribution in [-0.4, -0.2) is 11.7 Å². The highest BCUT2D eigenvalue weighted by molar-refractivity contribution is 9.10. The highest BCUT2D eigenvalue weighted by Gasteiger charge is 2.10. The van der Waals surface area contributed by atoms with Crippen LogP contribution in [0.4, 0.5) is 0 Å². The molecule has 0 aliphatic rings.